The van der Waals surface area contributed by atoms with Crippen molar-refractivity contribution in [1.29, 1.82) is 0 Å². The van der Waals surface area contributed by atoms with Crippen molar-refractivity contribution >= 4 is 23.2 Å². The minimum atomic E-state index is -0.277. The van der Waals surface area contributed by atoms with Gasteiger partial charge in [-0.2, -0.15) is 0 Å². The Morgan fingerprint density at radius 2 is 1.50 bits per heavy atom. The molecule has 0 atom stereocenters. The number of carbonyl (C=O) groups is 2. The number of rotatable bonds is 5. The van der Waals surface area contributed by atoms with Gasteiger partial charge in [-0.3, -0.25) is 9.59 Å². The van der Waals surface area contributed by atoms with Crippen LogP contribution in [-0.2, 0) is 4.79 Å². The van der Waals surface area contributed by atoms with Crippen molar-refractivity contribution < 1.29 is 9.59 Å². The highest BCUT2D eigenvalue weighted by Crippen LogP contribution is 2.14. The molecule has 0 spiro atoms. The molecule has 0 saturated heterocycles. The number of benzene rings is 2. The van der Waals surface area contributed by atoms with Crippen LogP contribution in [0.3, 0.4) is 0 Å². The van der Waals surface area contributed by atoms with E-state index in [0.717, 1.165) is 16.9 Å². The highest BCUT2D eigenvalue weighted by Gasteiger charge is 2.15. The van der Waals surface area contributed by atoms with E-state index in [2.05, 4.69) is 16.0 Å². The molecule has 0 radical (unpaired) electrons. The van der Waals surface area contributed by atoms with Crippen LogP contribution in [0.2, 0.25) is 0 Å². The van der Waals surface area contributed by atoms with Crippen molar-refractivity contribution in [3.05, 3.63) is 59.2 Å². The lowest BCUT2D eigenvalue weighted by Crippen LogP contribution is -2.40. The van der Waals surface area contributed by atoms with E-state index in [1.807, 2.05) is 52.8 Å². The molecule has 0 fully saturated rings. The number of hydrogen-bond donors (Lipinski definition) is 3. The Bertz CT molecular complexity index is 790. The summed E-state index contributed by atoms with van der Waals surface area (Å²) in [4.78, 5) is 24.2. The van der Waals surface area contributed by atoms with Gasteiger partial charge in [0.15, 0.2) is 0 Å². The smallest absolute Gasteiger partial charge is 0.251 e. The second-order valence-electron chi connectivity index (χ2n) is 7.48. The van der Waals surface area contributed by atoms with Crippen LogP contribution in [0.15, 0.2) is 42.5 Å². The molecule has 0 unspecified atom stereocenters. The summed E-state index contributed by atoms with van der Waals surface area (Å²) in [6.45, 7) is 10.0. The third kappa shape index (κ3) is 5.92. The van der Waals surface area contributed by atoms with Crippen LogP contribution in [0.5, 0.6) is 0 Å². The van der Waals surface area contributed by atoms with E-state index < -0.39 is 0 Å². The molecule has 0 heterocycles. The molecule has 0 bridgehead atoms. The molecule has 26 heavy (non-hydrogen) atoms. The number of amides is 2. The largest absolute Gasteiger partial charge is 0.376 e. The van der Waals surface area contributed by atoms with E-state index in [1.165, 1.54) is 5.56 Å². The predicted molar refractivity (Wildman–Crippen MR) is 107 cm³/mol. The molecule has 5 nitrogen and oxygen atoms in total. The number of anilines is 2. The summed E-state index contributed by atoms with van der Waals surface area (Å²) in [6.07, 6.45) is 0. The zero-order valence-corrected chi connectivity index (χ0v) is 16.1. The minimum absolute atomic E-state index is 0.114. The average molecular weight is 353 g/mol. The van der Waals surface area contributed by atoms with Crippen LogP contribution in [0, 0.1) is 13.8 Å². The summed E-state index contributed by atoms with van der Waals surface area (Å²) in [5, 5.41) is 8.85. The van der Waals surface area contributed by atoms with Crippen molar-refractivity contribution in [3.63, 3.8) is 0 Å². The standard InChI is InChI=1S/C21H27N3O2/c1-14-6-9-18(12-15(14)2)23-19(25)13-22-17-10-7-16(8-11-17)20(26)24-21(3,4)5/h6-12,22H,13H2,1-5H3,(H,23,25)(H,24,26). The Hall–Kier alpha value is -2.82. The van der Waals surface area contributed by atoms with Crippen LogP contribution in [0.4, 0.5) is 11.4 Å². The molecule has 2 amide bonds. The van der Waals surface area contributed by atoms with Crippen LogP contribution < -0.4 is 16.0 Å². The Morgan fingerprint density at radius 1 is 0.885 bits per heavy atom. The molecule has 2 aromatic carbocycles. The highest BCUT2D eigenvalue weighted by atomic mass is 16.2. The van der Waals surface area contributed by atoms with Gasteiger partial charge in [0, 0.05) is 22.5 Å². The first-order chi connectivity index (χ1) is 12.1. The second kappa shape index (κ2) is 8.04. The molecule has 138 valence electrons. The summed E-state index contributed by atoms with van der Waals surface area (Å²) in [5.41, 5.74) is 4.21. The van der Waals surface area contributed by atoms with Gasteiger partial charge in [0.25, 0.3) is 5.91 Å². The third-order valence-electron chi connectivity index (χ3n) is 3.88. The maximum Gasteiger partial charge on any atom is 0.251 e. The maximum atomic E-state index is 12.1. The average Bonchev–Trinajstić information content (AvgIpc) is 2.55. The molecule has 5 heteroatoms. The minimum Gasteiger partial charge on any atom is -0.376 e. The summed E-state index contributed by atoms with van der Waals surface area (Å²) in [6, 6.07) is 12.9. The fourth-order valence-corrected chi connectivity index (χ4v) is 2.36. The molecule has 2 aromatic rings. The summed E-state index contributed by atoms with van der Waals surface area (Å²) in [5.74, 6) is -0.237. The van der Waals surface area contributed by atoms with Gasteiger partial charge >= 0.3 is 0 Å². The van der Waals surface area contributed by atoms with E-state index in [4.69, 9.17) is 0 Å². The van der Waals surface area contributed by atoms with Gasteiger partial charge in [0.2, 0.25) is 5.91 Å². The van der Waals surface area contributed by atoms with Crippen LogP contribution >= 0.6 is 0 Å². The Balaban J connectivity index is 1.88. The molecule has 0 aliphatic carbocycles. The van der Waals surface area contributed by atoms with Gasteiger partial charge in [-0.15, -0.1) is 0 Å². The van der Waals surface area contributed by atoms with Crippen molar-refractivity contribution in [1.82, 2.24) is 5.32 Å². The molecular formula is C21H27N3O2. The zero-order chi connectivity index (χ0) is 19.3. The first-order valence-electron chi connectivity index (χ1n) is 8.67. The zero-order valence-electron chi connectivity index (χ0n) is 16.1. The van der Waals surface area contributed by atoms with Gasteiger partial charge in [-0.25, -0.2) is 0 Å². The quantitative estimate of drug-likeness (QED) is 0.764. The van der Waals surface area contributed by atoms with Crippen molar-refractivity contribution in [2.24, 2.45) is 0 Å². The lowest BCUT2D eigenvalue weighted by Gasteiger charge is -2.20. The van der Waals surface area contributed by atoms with E-state index in [1.54, 1.807) is 24.3 Å². The molecule has 0 aliphatic heterocycles. The van der Waals surface area contributed by atoms with Gasteiger partial charge in [-0.05, 0) is 82.1 Å². The molecule has 2 rings (SSSR count). The first kappa shape index (κ1) is 19.5. The van der Waals surface area contributed by atoms with E-state index in [0.29, 0.717) is 5.56 Å². The number of hydrogen-bond acceptors (Lipinski definition) is 3. The molecule has 0 aromatic heterocycles. The lowest BCUT2D eigenvalue weighted by atomic mass is 10.1. The van der Waals surface area contributed by atoms with Crippen LogP contribution in [-0.4, -0.2) is 23.9 Å². The summed E-state index contributed by atoms with van der Waals surface area (Å²) >= 11 is 0. The maximum absolute atomic E-state index is 12.1. The lowest BCUT2D eigenvalue weighted by molar-refractivity contribution is -0.114. The summed E-state index contributed by atoms with van der Waals surface area (Å²) < 4.78 is 0. The van der Waals surface area contributed by atoms with Gasteiger partial charge in [-0.1, -0.05) is 6.07 Å². The molecule has 0 saturated carbocycles. The van der Waals surface area contributed by atoms with Crippen LogP contribution in [0.25, 0.3) is 0 Å². The van der Waals surface area contributed by atoms with Gasteiger partial charge in [0.1, 0.15) is 0 Å². The topological polar surface area (TPSA) is 70.2 Å². The number of nitrogens with one attached hydrogen (secondary N) is 3. The fourth-order valence-electron chi connectivity index (χ4n) is 2.36. The monoisotopic (exact) mass is 353 g/mol. The Morgan fingerprint density at radius 3 is 2.08 bits per heavy atom. The SMILES string of the molecule is Cc1ccc(NC(=O)CNc2ccc(C(=O)NC(C)(C)C)cc2)cc1C. The number of carbonyl (C=O) groups excluding carboxylic acids is 2. The van der Waals surface area contributed by atoms with Crippen molar-refractivity contribution in [2.75, 3.05) is 17.2 Å². The van der Waals surface area contributed by atoms with Crippen LogP contribution in [0.1, 0.15) is 42.3 Å². The van der Waals surface area contributed by atoms with E-state index in [9.17, 15) is 9.59 Å². The second-order valence-corrected chi connectivity index (χ2v) is 7.48. The van der Waals surface area contributed by atoms with Gasteiger partial charge in [0.05, 0.1) is 6.54 Å². The molecule has 3 N–H and O–H groups in total. The van der Waals surface area contributed by atoms with Crippen molar-refractivity contribution in [2.45, 2.75) is 40.2 Å². The van der Waals surface area contributed by atoms with E-state index in [-0.39, 0.29) is 23.9 Å². The Kier molecular flexibility index (Phi) is 6.03. The third-order valence-corrected chi connectivity index (χ3v) is 3.88. The predicted octanol–water partition coefficient (Wildman–Crippen LogP) is 3.88. The van der Waals surface area contributed by atoms with Gasteiger partial charge < -0.3 is 16.0 Å². The number of aryl methyl sites for hydroxylation is 2. The summed E-state index contributed by atoms with van der Waals surface area (Å²) in [7, 11) is 0. The molecular weight excluding hydrogens is 326 g/mol. The molecule has 0 aliphatic rings. The first-order valence-corrected chi connectivity index (χ1v) is 8.67. The van der Waals surface area contributed by atoms with Crippen molar-refractivity contribution in [3.8, 4) is 0 Å². The highest BCUT2D eigenvalue weighted by molar-refractivity contribution is 5.95. The Labute approximate surface area is 155 Å². The normalized spacial score (nSPS) is 11.0. The fraction of sp³-hybridized carbons (Fsp3) is 0.333. The van der Waals surface area contributed by atoms with E-state index >= 15 is 0 Å².